The van der Waals surface area contributed by atoms with Crippen LogP contribution >= 0.6 is 0 Å². The van der Waals surface area contributed by atoms with Gasteiger partial charge >= 0.3 is 5.97 Å². The molecule has 19 heavy (non-hydrogen) atoms. The van der Waals surface area contributed by atoms with Crippen LogP contribution in [-0.2, 0) is 9.59 Å². The maximum absolute atomic E-state index is 12.2. The summed E-state index contributed by atoms with van der Waals surface area (Å²) in [7, 11) is 0. The molecule has 0 saturated carbocycles. The number of aromatic nitrogens is 1. The van der Waals surface area contributed by atoms with Gasteiger partial charge in [-0.25, -0.2) is 0 Å². The highest BCUT2D eigenvalue weighted by Crippen LogP contribution is 2.34. The van der Waals surface area contributed by atoms with Crippen LogP contribution in [0.25, 0.3) is 0 Å². The van der Waals surface area contributed by atoms with Crippen LogP contribution in [0.5, 0.6) is 0 Å². The lowest BCUT2D eigenvalue weighted by molar-refractivity contribution is -0.149. The van der Waals surface area contributed by atoms with Crippen molar-refractivity contribution in [3.05, 3.63) is 24.5 Å². The predicted octanol–water partition coefficient (Wildman–Crippen LogP) is 2.55. The summed E-state index contributed by atoms with van der Waals surface area (Å²) in [6.07, 6.45) is 3.42. The molecular weight excluding hydrogens is 244 g/mol. The fraction of sp³-hybridized carbons (Fsp3) is 0.500. The molecule has 0 aliphatic carbocycles. The van der Waals surface area contributed by atoms with E-state index in [1.807, 2.05) is 0 Å². The van der Waals surface area contributed by atoms with Gasteiger partial charge in [-0.05, 0) is 32.4 Å². The lowest BCUT2D eigenvalue weighted by Gasteiger charge is -2.30. The molecule has 1 rings (SSSR count). The van der Waals surface area contributed by atoms with Gasteiger partial charge in [-0.2, -0.15) is 0 Å². The second-order valence-corrected chi connectivity index (χ2v) is 5.95. The number of carboxylic acids is 1. The van der Waals surface area contributed by atoms with E-state index in [0.717, 1.165) is 0 Å². The van der Waals surface area contributed by atoms with Crippen molar-refractivity contribution in [2.45, 2.75) is 34.1 Å². The summed E-state index contributed by atoms with van der Waals surface area (Å²) in [4.78, 5) is 27.3. The number of rotatable bonds is 5. The van der Waals surface area contributed by atoms with Crippen molar-refractivity contribution >= 4 is 17.6 Å². The molecule has 0 bridgehead atoms. The van der Waals surface area contributed by atoms with Crippen molar-refractivity contribution < 1.29 is 14.7 Å². The summed E-state index contributed by atoms with van der Waals surface area (Å²) in [5, 5.41) is 11.9. The Balaban J connectivity index is 2.77. The fourth-order valence-corrected chi connectivity index (χ4v) is 2.00. The van der Waals surface area contributed by atoms with Crippen molar-refractivity contribution in [1.82, 2.24) is 4.98 Å². The first-order valence-electron chi connectivity index (χ1n) is 6.10. The predicted molar refractivity (Wildman–Crippen MR) is 72.7 cm³/mol. The van der Waals surface area contributed by atoms with Gasteiger partial charge < -0.3 is 10.4 Å². The van der Waals surface area contributed by atoms with Gasteiger partial charge in [-0.15, -0.1) is 0 Å². The van der Waals surface area contributed by atoms with Crippen LogP contribution < -0.4 is 5.32 Å². The van der Waals surface area contributed by atoms with Gasteiger partial charge in [0.2, 0.25) is 5.91 Å². The third-order valence-electron chi connectivity index (χ3n) is 3.00. The van der Waals surface area contributed by atoms with Crippen molar-refractivity contribution in [3.63, 3.8) is 0 Å². The number of carbonyl (C=O) groups excluding carboxylic acids is 1. The molecule has 1 amide bonds. The molecule has 1 aromatic heterocycles. The van der Waals surface area contributed by atoms with Crippen LogP contribution in [0.2, 0.25) is 0 Å². The van der Waals surface area contributed by atoms with Crippen LogP contribution in [0.4, 0.5) is 5.69 Å². The zero-order valence-corrected chi connectivity index (χ0v) is 11.7. The monoisotopic (exact) mass is 264 g/mol. The zero-order chi connectivity index (χ0) is 14.7. The molecule has 1 aromatic rings. The van der Waals surface area contributed by atoms with Crippen LogP contribution in [-0.4, -0.2) is 22.0 Å². The molecular formula is C14H20N2O3. The van der Waals surface area contributed by atoms with Crippen LogP contribution in [0, 0.1) is 10.8 Å². The molecule has 0 fully saturated rings. The Kier molecular flexibility index (Phi) is 4.29. The van der Waals surface area contributed by atoms with E-state index < -0.39 is 16.8 Å². The molecule has 0 aromatic carbocycles. The molecule has 0 aliphatic rings. The SMILES string of the molecule is CC(C)(CC(C)(C)C(=O)Nc1cccnc1)C(=O)O. The average Bonchev–Trinajstić information content (AvgIpc) is 2.28. The Morgan fingerprint density at radius 2 is 1.89 bits per heavy atom. The normalized spacial score (nSPS) is 12.0. The number of anilines is 1. The van der Waals surface area contributed by atoms with E-state index in [2.05, 4.69) is 10.3 Å². The zero-order valence-electron chi connectivity index (χ0n) is 11.7. The van der Waals surface area contributed by atoms with E-state index in [-0.39, 0.29) is 12.3 Å². The number of hydrogen-bond donors (Lipinski definition) is 2. The van der Waals surface area contributed by atoms with E-state index >= 15 is 0 Å². The Morgan fingerprint density at radius 1 is 1.26 bits per heavy atom. The minimum Gasteiger partial charge on any atom is -0.481 e. The highest BCUT2D eigenvalue weighted by Gasteiger charge is 2.38. The van der Waals surface area contributed by atoms with Crippen molar-refractivity contribution in [3.8, 4) is 0 Å². The second kappa shape index (κ2) is 5.38. The van der Waals surface area contributed by atoms with Crippen LogP contribution in [0.3, 0.4) is 0 Å². The molecule has 0 saturated heterocycles. The molecule has 5 nitrogen and oxygen atoms in total. The molecule has 0 unspecified atom stereocenters. The topological polar surface area (TPSA) is 79.3 Å². The highest BCUT2D eigenvalue weighted by molar-refractivity contribution is 5.95. The third kappa shape index (κ3) is 4.05. The smallest absolute Gasteiger partial charge is 0.309 e. The third-order valence-corrected chi connectivity index (χ3v) is 3.00. The van der Waals surface area contributed by atoms with Crippen LogP contribution in [0.1, 0.15) is 34.1 Å². The number of carboxylic acid groups (broad SMARTS) is 1. The van der Waals surface area contributed by atoms with Gasteiger partial charge in [0, 0.05) is 11.6 Å². The molecule has 0 spiro atoms. The number of hydrogen-bond acceptors (Lipinski definition) is 3. The average molecular weight is 264 g/mol. The summed E-state index contributed by atoms with van der Waals surface area (Å²) in [6, 6.07) is 3.47. The van der Waals surface area contributed by atoms with Crippen LogP contribution in [0.15, 0.2) is 24.5 Å². The van der Waals surface area contributed by atoms with Crippen molar-refractivity contribution in [1.29, 1.82) is 0 Å². The summed E-state index contributed by atoms with van der Waals surface area (Å²) in [6.45, 7) is 6.72. The maximum atomic E-state index is 12.2. The first-order valence-corrected chi connectivity index (χ1v) is 6.10. The molecule has 5 heteroatoms. The molecule has 0 aliphatic heterocycles. The summed E-state index contributed by atoms with van der Waals surface area (Å²) in [5.41, 5.74) is -1.12. The largest absolute Gasteiger partial charge is 0.481 e. The lowest BCUT2D eigenvalue weighted by atomic mass is 9.74. The first kappa shape index (κ1) is 15.1. The van der Waals surface area contributed by atoms with Gasteiger partial charge in [0.1, 0.15) is 0 Å². The molecule has 104 valence electrons. The van der Waals surface area contributed by atoms with Gasteiger partial charge in [-0.3, -0.25) is 14.6 Å². The minimum absolute atomic E-state index is 0.213. The van der Waals surface area contributed by atoms with Gasteiger partial charge in [0.25, 0.3) is 0 Å². The van der Waals surface area contributed by atoms with E-state index in [1.54, 1.807) is 52.2 Å². The van der Waals surface area contributed by atoms with E-state index in [1.165, 1.54) is 0 Å². The van der Waals surface area contributed by atoms with Crippen molar-refractivity contribution in [2.24, 2.45) is 10.8 Å². The molecule has 0 atom stereocenters. The van der Waals surface area contributed by atoms with E-state index in [4.69, 9.17) is 5.11 Å². The maximum Gasteiger partial charge on any atom is 0.309 e. The molecule has 2 N–H and O–H groups in total. The lowest BCUT2D eigenvalue weighted by Crippen LogP contribution is -2.38. The summed E-state index contributed by atoms with van der Waals surface area (Å²) in [5.74, 6) is -1.12. The van der Waals surface area contributed by atoms with E-state index in [9.17, 15) is 9.59 Å². The molecule has 1 heterocycles. The number of amides is 1. The first-order chi connectivity index (χ1) is 8.65. The fourth-order valence-electron chi connectivity index (χ4n) is 2.00. The molecule has 0 radical (unpaired) electrons. The number of nitrogens with one attached hydrogen (secondary N) is 1. The quantitative estimate of drug-likeness (QED) is 0.856. The minimum atomic E-state index is -0.949. The Morgan fingerprint density at radius 3 is 2.37 bits per heavy atom. The van der Waals surface area contributed by atoms with E-state index in [0.29, 0.717) is 5.69 Å². The van der Waals surface area contributed by atoms with Gasteiger partial charge in [0.05, 0.1) is 17.3 Å². The highest BCUT2D eigenvalue weighted by atomic mass is 16.4. The number of nitrogens with zero attached hydrogens (tertiary/aromatic N) is 1. The van der Waals surface area contributed by atoms with Gasteiger partial charge in [0.15, 0.2) is 0 Å². The number of carbonyl (C=O) groups is 2. The number of pyridine rings is 1. The Hall–Kier alpha value is -1.91. The standard InChI is InChI=1S/C14H20N2O3/c1-13(2,9-14(3,4)12(18)19)11(17)16-10-6-5-7-15-8-10/h5-8H,9H2,1-4H3,(H,16,17)(H,18,19). The Labute approximate surface area is 113 Å². The second-order valence-electron chi connectivity index (χ2n) is 5.95. The van der Waals surface area contributed by atoms with Gasteiger partial charge in [-0.1, -0.05) is 13.8 Å². The summed E-state index contributed by atoms with van der Waals surface area (Å²) >= 11 is 0. The van der Waals surface area contributed by atoms with Crippen molar-refractivity contribution in [2.75, 3.05) is 5.32 Å². The number of aliphatic carboxylic acids is 1. The summed E-state index contributed by atoms with van der Waals surface area (Å²) < 4.78 is 0. The Bertz CT molecular complexity index is 467.